The summed E-state index contributed by atoms with van der Waals surface area (Å²) in [4.78, 5) is 112. The Kier molecular flexibility index (Phi) is 37.6. The van der Waals surface area contributed by atoms with E-state index in [2.05, 4.69) is 20.5 Å². The standard InChI is InChI=1S/C58H94N6O11S3.C2HF3O2/c1-9-22-54(69)74-39-64(57(71)47(41(5)10-2)35-51(67)49-23-18-20-29-63(49)8)50(40(3)4)36-53(75-43(7)65)56-62-48(38-76-56)55(70)61-45(34-44-24-26-46(66)27-25-44)33-42(6)52(68)37-60-58(72)73-30-32-78-77-31-21-17-15-13-11-12-14-16-19-28-59;3-2(4,5)1(6)7/h24-27,38,40-42,45,47,49-50,53,66H,9-23,28-37,39,59H2,1-8H3,(H,60,72)(H,61,70);(H,6,7)/t41-,42+,45-,47+,49-,50-,53-;/m1./s1. The lowest BCUT2D eigenvalue weighted by Gasteiger charge is -2.39. The first-order valence-electron chi connectivity index (χ1n) is 29.9. The molecular formula is C60H95F3N6O13S3. The number of nitrogens with two attached hydrogens (primary N) is 1. The number of alkyl carbamates (subject to hydrolysis) is 1. The van der Waals surface area contributed by atoms with Gasteiger partial charge in [-0.1, -0.05) is 133 Å². The summed E-state index contributed by atoms with van der Waals surface area (Å²) in [6, 6.07) is 5.03. The van der Waals surface area contributed by atoms with Crippen molar-refractivity contribution in [3.05, 3.63) is 45.9 Å². The van der Waals surface area contributed by atoms with E-state index in [1.807, 2.05) is 41.7 Å². The number of Topliss-reactive ketones (excluding diaryl/α,β-unsaturated/α-hetero) is 2. The molecule has 0 unspecified atom stereocenters. The van der Waals surface area contributed by atoms with E-state index >= 15 is 0 Å². The second kappa shape index (κ2) is 42.0. The van der Waals surface area contributed by atoms with Crippen LogP contribution in [-0.2, 0) is 49.4 Å². The maximum absolute atomic E-state index is 15.0. The predicted octanol–water partition coefficient (Wildman–Crippen LogP) is 11.2. The molecule has 1 fully saturated rings. The number of carboxylic acid groups (broad SMARTS) is 1. The molecule has 2 aromatic rings. The highest BCUT2D eigenvalue weighted by Crippen LogP contribution is 2.34. The number of piperidine rings is 1. The number of likely N-dealkylation sites (N-methyl/N-ethyl adjacent to an activating group) is 1. The minimum atomic E-state index is -5.08. The SMILES string of the molecule is CCCC(=O)OCN(C(=O)[C@@H](CC(=O)[C@H]1CCCCN1C)[C@H](C)CC)[C@H](C[C@@H](OC(C)=O)c1nc(C(=O)N[C@@H](Cc2ccc(O)cc2)C[C@H](C)C(=O)CNC(=O)OCCSSCCCCCCCCCCCN)cs1)C(C)C.O=C(O)C(F)(F)F. The van der Waals surface area contributed by atoms with Gasteiger partial charge in [0.1, 0.15) is 23.1 Å². The molecule has 19 nitrogen and oxygen atoms in total. The van der Waals surface area contributed by atoms with Gasteiger partial charge in [-0.15, -0.1) is 11.3 Å². The van der Waals surface area contributed by atoms with Gasteiger partial charge in [0.05, 0.1) is 12.6 Å². The molecule has 85 heavy (non-hydrogen) atoms. The third kappa shape index (κ3) is 31.0. The Morgan fingerprint density at radius 1 is 0.894 bits per heavy atom. The Hall–Kier alpha value is -4.98. The topological polar surface area (TPSA) is 274 Å². The molecule has 482 valence electrons. The summed E-state index contributed by atoms with van der Waals surface area (Å²) in [6.45, 7) is 13.8. The van der Waals surface area contributed by atoms with Gasteiger partial charge >= 0.3 is 30.2 Å². The van der Waals surface area contributed by atoms with Crippen molar-refractivity contribution in [3.8, 4) is 5.75 Å². The molecule has 0 saturated carbocycles. The second-order valence-corrected chi connectivity index (χ2v) is 25.7. The summed E-state index contributed by atoms with van der Waals surface area (Å²) < 4.78 is 48.7. The highest BCUT2D eigenvalue weighted by atomic mass is 33.1. The van der Waals surface area contributed by atoms with Crippen LogP contribution in [0.3, 0.4) is 0 Å². The van der Waals surface area contributed by atoms with Crippen LogP contribution in [0.4, 0.5) is 18.0 Å². The number of amides is 3. The molecule has 0 aliphatic carbocycles. The number of thiazole rings is 1. The molecule has 1 aliphatic heterocycles. The number of hydrogen-bond acceptors (Lipinski definition) is 18. The van der Waals surface area contributed by atoms with Gasteiger partial charge in [0, 0.05) is 67.0 Å². The first kappa shape index (κ1) is 76.1. The fourth-order valence-corrected chi connectivity index (χ4v) is 12.5. The van der Waals surface area contributed by atoms with E-state index in [4.69, 9.17) is 29.8 Å². The Morgan fingerprint density at radius 3 is 2.09 bits per heavy atom. The summed E-state index contributed by atoms with van der Waals surface area (Å²) in [5.74, 6) is -4.89. The lowest BCUT2D eigenvalue weighted by Crippen LogP contribution is -2.50. The lowest BCUT2D eigenvalue weighted by molar-refractivity contribution is -0.192. The molecule has 3 rings (SSSR count). The lowest BCUT2D eigenvalue weighted by atomic mass is 9.82. The maximum Gasteiger partial charge on any atom is 0.490 e. The highest BCUT2D eigenvalue weighted by molar-refractivity contribution is 8.76. The number of esters is 2. The zero-order valence-electron chi connectivity index (χ0n) is 51.1. The number of rotatable bonds is 40. The number of halogens is 3. The van der Waals surface area contributed by atoms with Crippen LogP contribution in [-0.4, -0.2) is 148 Å². The molecule has 7 atom stereocenters. The number of ether oxygens (including phenoxy) is 3. The molecule has 0 radical (unpaired) electrons. The van der Waals surface area contributed by atoms with Crippen LogP contribution in [0.2, 0.25) is 0 Å². The average molecular weight is 1260 g/mol. The number of ketones is 2. The zero-order chi connectivity index (χ0) is 63.5. The van der Waals surface area contributed by atoms with Crippen LogP contribution < -0.4 is 16.4 Å². The normalized spacial score (nSPS) is 15.7. The molecule has 6 N–H and O–H groups in total. The molecule has 0 bridgehead atoms. The number of nitrogens with one attached hydrogen (secondary N) is 2. The van der Waals surface area contributed by atoms with E-state index in [-0.39, 0.29) is 92.4 Å². The van der Waals surface area contributed by atoms with Crippen LogP contribution in [0.15, 0.2) is 29.6 Å². The number of carbonyl (C=O) groups excluding carboxylic acids is 7. The molecule has 1 aromatic heterocycles. The zero-order valence-corrected chi connectivity index (χ0v) is 53.5. The van der Waals surface area contributed by atoms with Crippen LogP contribution in [0.5, 0.6) is 5.75 Å². The number of alkyl halides is 3. The van der Waals surface area contributed by atoms with Crippen molar-refractivity contribution in [2.45, 2.75) is 201 Å². The number of aliphatic carboxylic acids is 1. The summed E-state index contributed by atoms with van der Waals surface area (Å²) in [6.07, 6.45) is 8.96. The number of hydrogen-bond donors (Lipinski definition) is 5. The van der Waals surface area contributed by atoms with Crippen LogP contribution in [0, 0.1) is 23.7 Å². The predicted molar refractivity (Wildman–Crippen MR) is 326 cm³/mol. The van der Waals surface area contributed by atoms with E-state index in [1.165, 1.54) is 56.8 Å². The number of unbranched alkanes of at least 4 members (excludes halogenated alkanes) is 8. The molecule has 1 aliphatic rings. The monoisotopic (exact) mass is 1260 g/mol. The summed E-state index contributed by atoms with van der Waals surface area (Å²) >= 11 is 1.12. The average Bonchev–Trinajstić information content (AvgIpc) is 4.23. The Balaban J connectivity index is 0.00000330. The van der Waals surface area contributed by atoms with Crippen molar-refractivity contribution in [3.63, 3.8) is 0 Å². The smallest absolute Gasteiger partial charge is 0.490 e. The van der Waals surface area contributed by atoms with Crippen molar-refractivity contribution in [1.82, 2.24) is 25.4 Å². The Labute approximate surface area is 512 Å². The van der Waals surface area contributed by atoms with Gasteiger partial charge in [-0.2, -0.15) is 13.2 Å². The van der Waals surface area contributed by atoms with Gasteiger partial charge in [-0.05, 0) is 94.6 Å². The number of nitrogens with zero attached hydrogens (tertiary/aromatic N) is 3. The number of phenolic OH excluding ortho intramolecular Hbond substituents is 1. The third-order valence-corrected chi connectivity index (χ3v) is 18.2. The number of likely N-dealkylation sites (tertiary alicyclic amines) is 1. The molecule has 1 aromatic carbocycles. The largest absolute Gasteiger partial charge is 0.508 e. The molecular weight excluding hydrogens is 1170 g/mol. The number of carboxylic acids is 1. The van der Waals surface area contributed by atoms with Gasteiger partial charge in [0.2, 0.25) is 5.91 Å². The maximum atomic E-state index is 15.0. The number of carbonyl (C=O) groups is 8. The van der Waals surface area contributed by atoms with E-state index < -0.39 is 66.1 Å². The summed E-state index contributed by atoms with van der Waals surface area (Å²) in [5.41, 5.74) is 6.41. The second-order valence-electron chi connectivity index (χ2n) is 22.1. The van der Waals surface area contributed by atoms with E-state index in [1.54, 1.807) is 58.2 Å². The Morgan fingerprint density at radius 2 is 1.52 bits per heavy atom. The number of benzene rings is 1. The number of phenols is 1. The van der Waals surface area contributed by atoms with Gasteiger partial charge in [0.15, 0.2) is 24.4 Å². The van der Waals surface area contributed by atoms with Crippen molar-refractivity contribution in [1.29, 1.82) is 0 Å². The van der Waals surface area contributed by atoms with Crippen LogP contribution in [0.1, 0.15) is 191 Å². The minimum Gasteiger partial charge on any atom is -0.508 e. The van der Waals surface area contributed by atoms with Crippen molar-refractivity contribution < 1.29 is 76.0 Å². The summed E-state index contributed by atoms with van der Waals surface area (Å²) in [7, 11) is 5.38. The molecule has 2 heterocycles. The van der Waals surface area contributed by atoms with Crippen molar-refractivity contribution in [2.24, 2.45) is 29.4 Å². The summed E-state index contributed by atoms with van der Waals surface area (Å²) in [5, 5.41) is 24.6. The number of aromatic nitrogens is 1. The van der Waals surface area contributed by atoms with E-state index in [9.17, 15) is 51.8 Å². The van der Waals surface area contributed by atoms with Crippen molar-refractivity contribution >= 4 is 80.3 Å². The van der Waals surface area contributed by atoms with Gasteiger partial charge in [-0.25, -0.2) is 14.6 Å². The van der Waals surface area contributed by atoms with Gasteiger partial charge < -0.3 is 45.7 Å². The highest BCUT2D eigenvalue weighted by Gasteiger charge is 2.40. The van der Waals surface area contributed by atoms with Crippen LogP contribution >= 0.6 is 32.9 Å². The van der Waals surface area contributed by atoms with Gasteiger partial charge in [-0.3, -0.25) is 33.7 Å². The molecule has 0 spiro atoms. The number of aromatic hydroxyl groups is 1. The quantitative estimate of drug-likeness (QED) is 0.0136. The first-order valence-corrected chi connectivity index (χ1v) is 33.3. The fourth-order valence-electron chi connectivity index (χ4n) is 9.66. The third-order valence-electron chi connectivity index (χ3n) is 14.8. The van der Waals surface area contributed by atoms with Crippen molar-refractivity contribution in [2.75, 3.05) is 51.5 Å². The van der Waals surface area contributed by atoms with Crippen LogP contribution in [0.25, 0.3) is 0 Å². The van der Waals surface area contributed by atoms with E-state index in [0.29, 0.717) is 30.0 Å². The van der Waals surface area contributed by atoms with E-state index in [0.717, 1.165) is 67.8 Å². The first-order chi connectivity index (χ1) is 40.3. The molecule has 25 heteroatoms. The fraction of sp³-hybridized carbons (Fsp3) is 0.717. The minimum absolute atomic E-state index is 0.00864. The Bertz CT molecular complexity index is 2330. The van der Waals surface area contributed by atoms with Gasteiger partial charge in [0.25, 0.3) is 5.91 Å². The molecule has 3 amide bonds. The molecule has 1 saturated heterocycles.